The van der Waals surface area contributed by atoms with E-state index in [0.717, 1.165) is 39.5 Å². The molecule has 0 saturated carbocycles. The van der Waals surface area contributed by atoms with Gasteiger partial charge in [0.05, 0.1) is 25.1 Å². The molecule has 0 fully saturated rings. The molecule has 0 saturated heterocycles. The maximum absolute atomic E-state index is 9.36. The fourth-order valence-corrected chi connectivity index (χ4v) is 3.14. The molecule has 4 aromatic rings. The summed E-state index contributed by atoms with van der Waals surface area (Å²) in [5.41, 5.74) is 4.49. The number of aliphatic hydroxyl groups is 1. The molecule has 0 amide bonds. The van der Waals surface area contributed by atoms with Gasteiger partial charge in [0.15, 0.2) is 5.65 Å². The van der Waals surface area contributed by atoms with E-state index < -0.39 is 0 Å². The van der Waals surface area contributed by atoms with Crippen molar-refractivity contribution < 1.29 is 9.84 Å². The molecule has 27 heavy (non-hydrogen) atoms. The normalized spacial score (nSPS) is 11.0. The van der Waals surface area contributed by atoms with Gasteiger partial charge in [-0.3, -0.25) is 0 Å². The number of hydrogen-bond acceptors (Lipinski definition) is 4. The number of nitrogens with zero attached hydrogens (tertiary/aromatic N) is 3. The van der Waals surface area contributed by atoms with Crippen LogP contribution in [0.2, 0.25) is 5.02 Å². The van der Waals surface area contributed by atoms with E-state index in [1.807, 2.05) is 60.7 Å². The Labute approximate surface area is 161 Å². The van der Waals surface area contributed by atoms with Crippen molar-refractivity contribution in [3.8, 4) is 17.1 Å². The smallest absolute Gasteiger partial charge is 0.231 e. The van der Waals surface area contributed by atoms with Gasteiger partial charge in [-0.2, -0.15) is 0 Å². The number of benzene rings is 2. The van der Waals surface area contributed by atoms with E-state index in [-0.39, 0.29) is 6.61 Å². The van der Waals surface area contributed by atoms with Crippen LogP contribution in [0.15, 0.2) is 66.9 Å². The van der Waals surface area contributed by atoms with Gasteiger partial charge < -0.3 is 9.84 Å². The Morgan fingerprint density at radius 2 is 1.85 bits per heavy atom. The first-order chi connectivity index (χ1) is 13.2. The molecule has 0 bridgehead atoms. The predicted molar refractivity (Wildman–Crippen MR) is 105 cm³/mol. The SMILES string of the molecule is OCc1cccc(-c2cnc3ccc(OCCc4cccc(Cl)c4)nn23)c1. The third kappa shape index (κ3) is 3.94. The zero-order valence-corrected chi connectivity index (χ0v) is 15.3. The predicted octanol–water partition coefficient (Wildman–Crippen LogP) is 4.16. The van der Waals surface area contributed by atoms with Gasteiger partial charge in [0.2, 0.25) is 5.88 Å². The molecule has 0 aliphatic carbocycles. The van der Waals surface area contributed by atoms with E-state index in [0.29, 0.717) is 12.5 Å². The lowest BCUT2D eigenvalue weighted by Gasteiger charge is -2.07. The lowest BCUT2D eigenvalue weighted by atomic mass is 10.1. The van der Waals surface area contributed by atoms with E-state index in [2.05, 4.69) is 10.1 Å². The summed E-state index contributed by atoms with van der Waals surface area (Å²) in [6.07, 6.45) is 2.52. The van der Waals surface area contributed by atoms with Gasteiger partial charge in [-0.05, 0) is 35.4 Å². The molecular formula is C21H18ClN3O2. The largest absolute Gasteiger partial charge is 0.476 e. The number of hydrogen-bond donors (Lipinski definition) is 1. The Hall–Kier alpha value is -2.89. The lowest BCUT2D eigenvalue weighted by molar-refractivity contribution is 0.282. The first-order valence-electron chi connectivity index (χ1n) is 8.65. The second kappa shape index (κ2) is 7.78. The number of aromatic nitrogens is 3. The van der Waals surface area contributed by atoms with Crippen LogP contribution in [-0.4, -0.2) is 26.3 Å². The summed E-state index contributed by atoms with van der Waals surface area (Å²) in [5, 5.41) is 14.6. The fraction of sp³-hybridized carbons (Fsp3) is 0.143. The summed E-state index contributed by atoms with van der Waals surface area (Å²) in [6.45, 7) is 0.499. The third-order valence-corrected chi connectivity index (χ3v) is 4.51. The second-order valence-electron chi connectivity index (χ2n) is 6.17. The number of ether oxygens (including phenoxy) is 1. The average molecular weight is 380 g/mol. The summed E-state index contributed by atoms with van der Waals surface area (Å²) in [5.74, 6) is 0.530. The highest BCUT2D eigenvalue weighted by Gasteiger charge is 2.09. The van der Waals surface area contributed by atoms with Gasteiger partial charge in [-0.1, -0.05) is 41.9 Å². The highest BCUT2D eigenvalue weighted by atomic mass is 35.5. The standard InChI is InChI=1S/C21H18ClN3O2/c22-18-6-2-3-15(12-18)9-10-27-21-8-7-20-23-13-19(25(20)24-21)17-5-1-4-16(11-17)14-26/h1-8,11-13,26H,9-10,14H2. The van der Waals surface area contributed by atoms with Gasteiger partial charge in [-0.15, -0.1) is 5.10 Å². The molecule has 2 aromatic carbocycles. The Morgan fingerprint density at radius 3 is 2.70 bits per heavy atom. The molecule has 136 valence electrons. The molecule has 0 atom stereocenters. The first kappa shape index (κ1) is 17.5. The van der Waals surface area contributed by atoms with Gasteiger partial charge in [0.25, 0.3) is 0 Å². The van der Waals surface area contributed by atoms with Crippen molar-refractivity contribution in [1.82, 2.24) is 14.6 Å². The summed E-state index contributed by atoms with van der Waals surface area (Å²) in [4.78, 5) is 4.40. The van der Waals surface area contributed by atoms with Crippen LogP contribution in [0.5, 0.6) is 5.88 Å². The van der Waals surface area contributed by atoms with Gasteiger partial charge in [0, 0.05) is 23.1 Å². The highest BCUT2D eigenvalue weighted by Crippen LogP contribution is 2.22. The fourth-order valence-electron chi connectivity index (χ4n) is 2.93. The second-order valence-corrected chi connectivity index (χ2v) is 6.61. The van der Waals surface area contributed by atoms with Crippen molar-refractivity contribution in [1.29, 1.82) is 0 Å². The summed E-state index contributed by atoms with van der Waals surface area (Å²) >= 11 is 6.01. The minimum absolute atomic E-state index is 0.00410. The monoisotopic (exact) mass is 379 g/mol. The van der Waals surface area contributed by atoms with Crippen molar-refractivity contribution in [2.45, 2.75) is 13.0 Å². The van der Waals surface area contributed by atoms with Gasteiger partial charge >= 0.3 is 0 Å². The molecule has 1 N–H and O–H groups in total. The van der Waals surface area contributed by atoms with Crippen molar-refractivity contribution in [3.63, 3.8) is 0 Å². The lowest BCUT2D eigenvalue weighted by Crippen LogP contribution is -2.05. The Balaban J connectivity index is 1.54. The minimum Gasteiger partial charge on any atom is -0.476 e. The number of aliphatic hydroxyl groups excluding tert-OH is 1. The summed E-state index contributed by atoms with van der Waals surface area (Å²) in [6, 6.07) is 19.1. The molecule has 5 nitrogen and oxygen atoms in total. The van der Waals surface area contributed by atoms with Crippen molar-refractivity contribution in [2.75, 3.05) is 6.61 Å². The molecule has 6 heteroatoms. The minimum atomic E-state index is -0.00410. The quantitative estimate of drug-likeness (QED) is 0.546. The van der Waals surface area contributed by atoms with Crippen LogP contribution in [0.1, 0.15) is 11.1 Å². The van der Waals surface area contributed by atoms with E-state index in [4.69, 9.17) is 16.3 Å². The van der Waals surface area contributed by atoms with Crippen LogP contribution in [0.25, 0.3) is 16.9 Å². The Bertz CT molecular complexity index is 1080. The number of rotatable bonds is 6. The molecular weight excluding hydrogens is 362 g/mol. The zero-order valence-electron chi connectivity index (χ0n) is 14.5. The van der Waals surface area contributed by atoms with Crippen LogP contribution < -0.4 is 4.74 Å². The van der Waals surface area contributed by atoms with Crippen LogP contribution in [0.4, 0.5) is 0 Å². The van der Waals surface area contributed by atoms with Crippen LogP contribution >= 0.6 is 11.6 Å². The molecule has 4 rings (SSSR count). The molecule has 0 aliphatic rings. The third-order valence-electron chi connectivity index (χ3n) is 4.27. The Kier molecular flexibility index (Phi) is 5.05. The van der Waals surface area contributed by atoms with E-state index in [1.54, 1.807) is 10.7 Å². The maximum atomic E-state index is 9.36. The highest BCUT2D eigenvalue weighted by molar-refractivity contribution is 6.30. The average Bonchev–Trinajstić information content (AvgIpc) is 3.11. The molecule has 0 radical (unpaired) electrons. The van der Waals surface area contributed by atoms with E-state index in [1.165, 1.54) is 0 Å². The van der Waals surface area contributed by atoms with Crippen molar-refractivity contribution in [3.05, 3.63) is 83.0 Å². The molecule has 0 unspecified atom stereocenters. The van der Waals surface area contributed by atoms with Crippen molar-refractivity contribution in [2.24, 2.45) is 0 Å². The van der Waals surface area contributed by atoms with Crippen LogP contribution in [0, 0.1) is 0 Å². The number of imidazole rings is 1. The van der Waals surface area contributed by atoms with E-state index in [9.17, 15) is 5.11 Å². The first-order valence-corrected chi connectivity index (χ1v) is 9.03. The van der Waals surface area contributed by atoms with Crippen LogP contribution in [-0.2, 0) is 13.0 Å². The topological polar surface area (TPSA) is 59.7 Å². The Morgan fingerprint density at radius 1 is 1.00 bits per heavy atom. The van der Waals surface area contributed by atoms with Gasteiger partial charge in [0.1, 0.15) is 0 Å². The molecule has 0 spiro atoms. The van der Waals surface area contributed by atoms with Crippen molar-refractivity contribution >= 4 is 17.2 Å². The number of halogens is 1. The molecule has 2 heterocycles. The van der Waals surface area contributed by atoms with Crippen LogP contribution in [0.3, 0.4) is 0 Å². The van der Waals surface area contributed by atoms with Gasteiger partial charge in [-0.25, -0.2) is 9.50 Å². The molecule has 0 aliphatic heterocycles. The maximum Gasteiger partial charge on any atom is 0.231 e. The summed E-state index contributed by atoms with van der Waals surface area (Å²) < 4.78 is 7.58. The van der Waals surface area contributed by atoms with E-state index >= 15 is 0 Å². The zero-order chi connectivity index (χ0) is 18.6. The summed E-state index contributed by atoms with van der Waals surface area (Å²) in [7, 11) is 0. The number of fused-ring (bicyclic) bond motifs is 1. The molecule has 2 aromatic heterocycles.